The topological polar surface area (TPSA) is 78.4 Å². The highest BCUT2D eigenvalue weighted by Crippen LogP contribution is 2.24. The lowest BCUT2D eigenvalue weighted by Crippen LogP contribution is -2.47. The molecule has 98 valence electrons. The summed E-state index contributed by atoms with van der Waals surface area (Å²) in [5, 5.41) is 14.9. The first-order chi connectivity index (χ1) is 8.04. The van der Waals surface area contributed by atoms with Gasteiger partial charge in [0.1, 0.15) is 0 Å². The Hall–Kier alpha value is -1.10. The van der Waals surface area contributed by atoms with E-state index in [0.717, 1.165) is 12.8 Å². The molecule has 0 aromatic heterocycles. The number of nitrogens with one attached hydrogen (secondary N) is 2. The van der Waals surface area contributed by atoms with Gasteiger partial charge in [-0.15, -0.1) is 0 Å². The zero-order chi connectivity index (χ0) is 12.8. The van der Waals surface area contributed by atoms with Crippen molar-refractivity contribution < 1.29 is 14.7 Å². The standard InChI is InChI=1S/C12H22N2O3/c1-3-13-11(15)8(2)14-10-6-4-9(5-7-10)12(16)17/h8-10,14H,3-7H2,1-2H3,(H,13,15)(H,16,17). The van der Waals surface area contributed by atoms with E-state index in [1.807, 2.05) is 13.8 Å². The third-order valence-electron chi connectivity index (χ3n) is 3.31. The number of carboxylic acids is 1. The normalized spacial score (nSPS) is 26.2. The van der Waals surface area contributed by atoms with E-state index >= 15 is 0 Å². The second-order valence-electron chi connectivity index (χ2n) is 4.67. The average Bonchev–Trinajstić information content (AvgIpc) is 2.30. The van der Waals surface area contributed by atoms with Crippen LogP contribution in [0.2, 0.25) is 0 Å². The van der Waals surface area contributed by atoms with Gasteiger partial charge < -0.3 is 15.7 Å². The van der Waals surface area contributed by atoms with Gasteiger partial charge in [-0.3, -0.25) is 9.59 Å². The number of aliphatic carboxylic acids is 1. The Morgan fingerprint density at radius 3 is 2.35 bits per heavy atom. The molecule has 17 heavy (non-hydrogen) atoms. The molecule has 1 amide bonds. The Morgan fingerprint density at radius 1 is 1.29 bits per heavy atom. The molecule has 1 saturated carbocycles. The number of carboxylic acid groups (broad SMARTS) is 1. The Bertz CT molecular complexity index is 273. The van der Waals surface area contributed by atoms with Crippen LogP contribution in [0.3, 0.4) is 0 Å². The van der Waals surface area contributed by atoms with E-state index in [0.29, 0.717) is 19.4 Å². The van der Waals surface area contributed by atoms with Crippen molar-refractivity contribution in [2.45, 2.75) is 51.6 Å². The van der Waals surface area contributed by atoms with Crippen LogP contribution >= 0.6 is 0 Å². The summed E-state index contributed by atoms with van der Waals surface area (Å²) in [7, 11) is 0. The first-order valence-corrected chi connectivity index (χ1v) is 6.31. The highest BCUT2D eigenvalue weighted by Gasteiger charge is 2.27. The number of carbonyl (C=O) groups excluding carboxylic acids is 1. The van der Waals surface area contributed by atoms with Gasteiger partial charge in [0.2, 0.25) is 5.91 Å². The Morgan fingerprint density at radius 2 is 1.88 bits per heavy atom. The maximum Gasteiger partial charge on any atom is 0.306 e. The van der Waals surface area contributed by atoms with Crippen molar-refractivity contribution in [3.8, 4) is 0 Å². The van der Waals surface area contributed by atoms with Crippen LogP contribution in [0, 0.1) is 5.92 Å². The van der Waals surface area contributed by atoms with Gasteiger partial charge in [0.15, 0.2) is 0 Å². The second kappa shape index (κ2) is 6.59. The molecular weight excluding hydrogens is 220 g/mol. The van der Waals surface area contributed by atoms with Crippen LogP contribution in [0.4, 0.5) is 0 Å². The molecule has 0 aliphatic heterocycles. The van der Waals surface area contributed by atoms with Crippen LogP contribution in [0.1, 0.15) is 39.5 Å². The van der Waals surface area contributed by atoms with Gasteiger partial charge in [-0.05, 0) is 39.5 Å². The zero-order valence-corrected chi connectivity index (χ0v) is 10.5. The highest BCUT2D eigenvalue weighted by atomic mass is 16.4. The Balaban J connectivity index is 2.30. The molecule has 1 aliphatic carbocycles. The summed E-state index contributed by atoms with van der Waals surface area (Å²) < 4.78 is 0. The molecule has 0 radical (unpaired) electrons. The van der Waals surface area contributed by atoms with Gasteiger partial charge in [0, 0.05) is 12.6 Å². The van der Waals surface area contributed by atoms with E-state index in [1.54, 1.807) is 0 Å². The van der Waals surface area contributed by atoms with Gasteiger partial charge >= 0.3 is 5.97 Å². The second-order valence-corrected chi connectivity index (χ2v) is 4.67. The third-order valence-corrected chi connectivity index (χ3v) is 3.31. The number of likely N-dealkylation sites (N-methyl/N-ethyl adjacent to an activating group) is 1. The van der Waals surface area contributed by atoms with E-state index in [4.69, 9.17) is 5.11 Å². The van der Waals surface area contributed by atoms with Crippen molar-refractivity contribution in [2.24, 2.45) is 5.92 Å². The molecule has 1 unspecified atom stereocenters. The zero-order valence-electron chi connectivity index (χ0n) is 10.5. The van der Waals surface area contributed by atoms with Crippen LogP contribution < -0.4 is 10.6 Å². The molecule has 0 heterocycles. The van der Waals surface area contributed by atoms with Gasteiger partial charge in [0.05, 0.1) is 12.0 Å². The molecule has 0 bridgehead atoms. The van der Waals surface area contributed by atoms with Crippen molar-refractivity contribution in [2.75, 3.05) is 6.54 Å². The molecule has 1 atom stereocenters. The Kier molecular flexibility index (Phi) is 5.41. The van der Waals surface area contributed by atoms with Crippen molar-refractivity contribution in [3.63, 3.8) is 0 Å². The molecule has 0 aromatic carbocycles. The first-order valence-electron chi connectivity index (χ1n) is 6.31. The molecule has 0 aromatic rings. The molecule has 1 fully saturated rings. The van der Waals surface area contributed by atoms with Crippen molar-refractivity contribution in [3.05, 3.63) is 0 Å². The highest BCUT2D eigenvalue weighted by molar-refractivity contribution is 5.81. The lowest BCUT2D eigenvalue weighted by Gasteiger charge is -2.29. The molecule has 5 heteroatoms. The minimum absolute atomic E-state index is 0.00728. The smallest absolute Gasteiger partial charge is 0.306 e. The number of amides is 1. The summed E-state index contributed by atoms with van der Waals surface area (Å²) in [5.74, 6) is -0.888. The monoisotopic (exact) mass is 242 g/mol. The minimum atomic E-state index is -0.694. The van der Waals surface area contributed by atoms with Gasteiger partial charge in [0.25, 0.3) is 0 Å². The van der Waals surface area contributed by atoms with E-state index in [9.17, 15) is 9.59 Å². The first kappa shape index (κ1) is 14.0. The predicted octanol–water partition coefficient (Wildman–Crippen LogP) is 0.744. The van der Waals surface area contributed by atoms with Crippen LogP contribution in [0.25, 0.3) is 0 Å². The lowest BCUT2D eigenvalue weighted by molar-refractivity contribution is -0.143. The SMILES string of the molecule is CCNC(=O)C(C)NC1CCC(C(=O)O)CC1. The van der Waals surface area contributed by atoms with Crippen LogP contribution in [0.5, 0.6) is 0 Å². The quantitative estimate of drug-likeness (QED) is 0.664. The summed E-state index contributed by atoms with van der Waals surface area (Å²) >= 11 is 0. The van der Waals surface area contributed by atoms with Crippen molar-refractivity contribution in [1.82, 2.24) is 10.6 Å². The summed E-state index contributed by atoms with van der Waals surface area (Å²) in [6.07, 6.45) is 3.08. The fraction of sp³-hybridized carbons (Fsp3) is 0.833. The fourth-order valence-electron chi connectivity index (χ4n) is 2.26. The summed E-state index contributed by atoms with van der Waals surface area (Å²) in [4.78, 5) is 22.3. The summed E-state index contributed by atoms with van der Waals surface area (Å²) in [6.45, 7) is 4.37. The molecule has 0 spiro atoms. The number of hydrogen-bond acceptors (Lipinski definition) is 3. The fourth-order valence-corrected chi connectivity index (χ4v) is 2.26. The van der Waals surface area contributed by atoms with E-state index < -0.39 is 5.97 Å². The molecule has 0 saturated heterocycles. The van der Waals surface area contributed by atoms with Crippen molar-refractivity contribution in [1.29, 1.82) is 0 Å². The molecule has 1 aliphatic rings. The summed E-state index contributed by atoms with van der Waals surface area (Å²) in [5.41, 5.74) is 0. The van der Waals surface area contributed by atoms with Gasteiger partial charge in [-0.2, -0.15) is 0 Å². The average molecular weight is 242 g/mol. The van der Waals surface area contributed by atoms with Crippen LogP contribution in [-0.2, 0) is 9.59 Å². The minimum Gasteiger partial charge on any atom is -0.481 e. The number of carbonyl (C=O) groups is 2. The predicted molar refractivity (Wildman–Crippen MR) is 64.7 cm³/mol. The molecular formula is C12H22N2O3. The van der Waals surface area contributed by atoms with E-state index in [2.05, 4.69) is 10.6 Å². The maximum absolute atomic E-state index is 11.5. The van der Waals surface area contributed by atoms with E-state index in [-0.39, 0.29) is 23.9 Å². The third kappa shape index (κ3) is 4.34. The van der Waals surface area contributed by atoms with Gasteiger partial charge in [-0.1, -0.05) is 0 Å². The Labute approximate surface area is 102 Å². The lowest BCUT2D eigenvalue weighted by atomic mass is 9.86. The molecule has 3 N–H and O–H groups in total. The summed E-state index contributed by atoms with van der Waals surface area (Å²) in [6, 6.07) is 0.0598. The maximum atomic E-state index is 11.5. The molecule has 1 rings (SSSR count). The van der Waals surface area contributed by atoms with Crippen molar-refractivity contribution >= 4 is 11.9 Å². The number of rotatable bonds is 5. The van der Waals surface area contributed by atoms with Crippen LogP contribution in [0.15, 0.2) is 0 Å². The van der Waals surface area contributed by atoms with Crippen LogP contribution in [-0.4, -0.2) is 35.6 Å². The molecule has 5 nitrogen and oxygen atoms in total. The largest absolute Gasteiger partial charge is 0.481 e. The number of hydrogen-bond donors (Lipinski definition) is 3. The van der Waals surface area contributed by atoms with Gasteiger partial charge in [-0.25, -0.2) is 0 Å². The van der Waals surface area contributed by atoms with E-state index in [1.165, 1.54) is 0 Å².